The molecular weight excluding hydrogens is 403 g/mol. The molecule has 0 aliphatic carbocycles. The second-order valence-electron chi connectivity index (χ2n) is 6.43. The van der Waals surface area contributed by atoms with Crippen molar-refractivity contribution in [1.29, 1.82) is 0 Å². The first-order valence-electron chi connectivity index (χ1n) is 8.70. The molecule has 0 aliphatic rings. The van der Waals surface area contributed by atoms with Crippen LogP contribution in [0.5, 0.6) is 0 Å². The van der Waals surface area contributed by atoms with Crippen LogP contribution in [0.1, 0.15) is 17.0 Å². The average molecular weight is 418 g/mol. The highest BCUT2D eigenvalue weighted by Gasteiger charge is 2.39. The van der Waals surface area contributed by atoms with Gasteiger partial charge in [0.1, 0.15) is 5.82 Å². The van der Waals surface area contributed by atoms with E-state index < -0.39 is 11.9 Å². The molecule has 0 atom stereocenters. The van der Waals surface area contributed by atoms with Crippen LogP contribution in [-0.2, 0) is 12.7 Å². The van der Waals surface area contributed by atoms with Crippen LogP contribution in [-0.4, -0.2) is 19.6 Å². The summed E-state index contributed by atoms with van der Waals surface area (Å²) in [5.41, 5.74) is 0.564. The zero-order valence-electron chi connectivity index (χ0n) is 15.2. The van der Waals surface area contributed by atoms with Crippen molar-refractivity contribution in [2.24, 2.45) is 0 Å². The van der Waals surface area contributed by atoms with E-state index in [1.807, 2.05) is 6.07 Å². The molecule has 3 aromatic heterocycles. The number of pyridine rings is 1. The molecule has 0 bridgehead atoms. The summed E-state index contributed by atoms with van der Waals surface area (Å²) in [6.45, 7) is 2.08. The molecule has 0 unspecified atom stereocenters. The maximum Gasteiger partial charge on any atom is 0.435 e. The fourth-order valence-electron chi connectivity index (χ4n) is 3.07. The van der Waals surface area contributed by atoms with Gasteiger partial charge in [-0.1, -0.05) is 35.9 Å². The number of anilines is 1. The summed E-state index contributed by atoms with van der Waals surface area (Å²) >= 11 is 6.20. The van der Waals surface area contributed by atoms with Gasteiger partial charge in [-0.2, -0.15) is 22.8 Å². The number of halogens is 4. The summed E-state index contributed by atoms with van der Waals surface area (Å²) in [4.78, 5) is 8.37. The van der Waals surface area contributed by atoms with Gasteiger partial charge in [0.25, 0.3) is 0 Å². The molecule has 0 saturated carbocycles. The van der Waals surface area contributed by atoms with Gasteiger partial charge in [-0.15, -0.1) is 0 Å². The number of aromatic nitrogens is 4. The molecule has 0 radical (unpaired) electrons. The van der Waals surface area contributed by atoms with Gasteiger partial charge in [0.05, 0.1) is 5.56 Å². The van der Waals surface area contributed by atoms with Gasteiger partial charge in [-0.05, 0) is 24.6 Å². The molecule has 29 heavy (non-hydrogen) atoms. The van der Waals surface area contributed by atoms with Crippen molar-refractivity contribution in [2.75, 3.05) is 5.32 Å². The molecule has 0 saturated heterocycles. The molecule has 9 heteroatoms. The predicted octanol–water partition coefficient (Wildman–Crippen LogP) is 5.38. The highest BCUT2D eigenvalue weighted by atomic mass is 35.5. The maximum atomic E-state index is 13.8. The summed E-state index contributed by atoms with van der Waals surface area (Å²) in [5.74, 6) is 0.389. The summed E-state index contributed by atoms with van der Waals surface area (Å²) < 4.78 is 42.6. The van der Waals surface area contributed by atoms with Crippen LogP contribution in [0.25, 0.3) is 16.8 Å². The van der Waals surface area contributed by atoms with Gasteiger partial charge < -0.3 is 5.32 Å². The van der Waals surface area contributed by atoms with Crippen LogP contribution >= 0.6 is 11.6 Å². The molecule has 4 rings (SSSR count). The fourth-order valence-corrected chi connectivity index (χ4v) is 3.30. The molecular formula is C20H15ClF3N5. The minimum absolute atomic E-state index is 0.0825. The Morgan fingerprint density at radius 3 is 2.62 bits per heavy atom. The fraction of sp³-hybridized carbons (Fsp3) is 0.150. The first-order valence-corrected chi connectivity index (χ1v) is 9.07. The van der Waals surface area contributed by atoms with E-state index in [2.05, 4.69) is 20.4 Å². The first-order chi connectivity index (χ1) is 13.8. The second kappa shape index (κ2) is 7.36. The molecule has 0 aliphatic heterocycles. The summed E-state index contributed by atoms with van der Waals surface area (Å²) in [5, 5.41) is 7.17. The minimum atomic E-state index is -4.67. The van der Waals surface area contributed by atoms with Gasteiger partial charge in [0, 0.05) is 41.3 Å². The molecule has 1 aromatic carbocycles. The van der Waals surface area contributed by atoms with Crippen LogP contribution in [0.3, 0.4) is 0 Å². The Labute approximate surface area is 169 Å². The summed E-state index contributed by atoms with van der Waals surface area (Å²) in [7, 11) is 0. The molecule has 0 fully saturated rings. The van der Waals surface area contributed by atoms with Crippen molar-refractivity contribution in [3.05, 3.63) is 76.8 Å². The van der Waals surface area contributed by atoms with E-state index in [1.54, 1.807) is 43.6 Å². The Kier molecular flexibility index (Phi) is 4.87. The van der Waals surface area contributed by atoms with Crippen molar-refractivity contribution in [2.45, 2.75) is 19.6 Å². The van der Waals surface area contributed by atoms with Crippen LogP contribution in [0.15, 0.2) is 54.9 Å². The number of alkyl halides is 3. The number of nitrogens with zero attached hydrogens (tertiary/aromatic N) is 4. The number of hydrogen-bond acceptors (Lipinski definition) is 4. The smallest absolute Gasteiger partial charge is 0.366 e. The lowest BCUT2D eigenvalue weighted by Crippen LogP contribution is -2.09. The monoisotopic (exact) mass is 417 g/mol. The third kappa shape index (κ3) is 3.75. The standard InChI is InChI=1S/C20H15ClF3N5/c1-12-9-16(26-11-13-5-4-8-25-10-13)29-19(27-12)17(18(28-29)20(22,23)24)14-6-2-3-7-15(14)21/h2-10,26H,11H2,1H3. The molecule has 0 spiro atoms. The Morgan fingerprint density at radius 1 is 1.14 bits per heavy atom. The summed E-state index contributed by atoms with van der Waals surface area (Å²) in [6, 6.07) is 11.7. The Bertz CT molecular complexity index is 1170. The molecule has 3 heterocycles. The van der Waals surface area contributed by atoms with Crippen LogP contribution in [0.4, 0.5) is 19.0 Å². The van der Waals surface area contributed by atoms with Gasteiger partial charge in [-0.25, -0.2) is 4.98 Å². The predicted molar refractivity (Wildman–Crippen MR) is 105 cm³/mol. The highest BCUT2D eigenvalue weighted by Crippen LogP contribution is 2.41. The number of aryl methyl sites for hydroxylation is 1. The highest BCUT2D eigenvalue weighted by molar-refractivity contribution is 6.33. The molecule has 1 N–H and O–H groups in total. The van der Waals surface area contributed by atoms with Gasteiger partial charge in [0.15, 0.2) is 11.3 Å². The number of rotatable bonds is 4. The Hall–Kier alpha value is -3.13. The van der Waals surface area contributed by atoms with E-state index in [9.17, 15) is 13.2 Å². The normalized spacial score (nSPS) is 11.8. The van der Waals surface area contributed by atoms with Gasteiger partial charge in [-0.3, -0.25) is 4.98 Å². The zero-order valence-corrected chi connectivity index (χ0v) is 16.0. The quantitative estimate of drug-likeness (QED) is 0.484. The Balaban J connectivity index is 1.91. The zero-order chi connectivity index (χ0) is 20.6. The van der Waals surface area contributed by atoms with Crippen molar-refractivity contribution in [3.8, 4) is 11.1 Å². The lowest BCUT2D eigenvalue weighted by atomic mass is 10.1. The number of hydrogen-bond donors (Lipinski definition) is 1. The van der Waals surface area contributed by atoms with Gasteiger partial charge in [0.2, 0.25) is 0 Å². The molecule has 4 aromatic rings. The van der Waals surface area contributed by atoms with Crippen LogP contribution < -0.4 is 5.32 Å². The largest absolute Gasteiger partial charge is 0.435 e. The van der Waals surface area contributed by atoms with Crippen molar-refractivity contribution in [1.82, 2.24) is 19.6 Å². The number of fused-ring (bicyclic) bond motifs is 1. The van der Waals surface area contributed by atoms with Crippen LogP contribution in [0.2, 0.25) is 5.02 Å². The number of nitrogens with one attached hydrogen (secondary N) is 1. The first kappa shape index (κ1) is 19.2. The van der Waals surface area contributed by atoms with E-state index in [4.69, 9.17) is 11.6 Å². The molecule has 5 nitrogen and oxygen atoms in total. The second-order valence-corrected chi connectivity index (χ2v) is 6.84. The maximum absolute atomic E-state index is 13.8. The summed E-state index contributed by atoms with van der Waals surface area (Å²) in [6.07, 6.45) is -1.34. The minimum Gasteiger partial charge on any atom is -0.366 e. The average Bonchev–Trinajstić information content (AvgIpc) is 3.07. The lowest BCUT2D eigenvalue weighted by Gasteiger charge is -2.10. The lowest BCUT2D eigenvalue weighted by molar-refractivity contribution is -0.140. The van der Waals surface area contributed by atoms with E-state index >= 15 is 0 Å². The van der Waals surface area contributed by atoms with Gasteiger partial charge >= 0.3 is 6.18 Å². The third-order valence-electron chi connectivity index (χ3n) is 4.33. The van der Waals surface area contributed by atoms with E-state index in [0.29, 0.717) is 18.1 Å². The topological polar surface area (TPSA) is 55.1 Å². The molecule has 148 valence electrons. The SMILES string of the molecule is Cc1cc(NCc2cccnc2)n2nc(C(F)(F)F)c(-c3ccccc3Cl)c2n1. The third-order valence-corrected chi connectivity index (χ3v) is 4.65. The van der Waals surface area contributed by atoms with Crippen molar-refractivity contribution < 1.29 is 13.2 Å². The number of benzene rings is 1. The van der Waals surface area contributed by atoms with E-state index in [1.165, 1.54) is 16.6 Å². The Morgan fingerprint density at radius 2 is 1.93 bits per heavy atom. The van der Waals surface area contributed by atoms with E-state index in [0.717, 1.165) is 5.56 Å². The van der Waals surface area contributed by atoms with E-state index in [-0.39, 0.29) is 21.8 Å². The molecule has 0 amide bonds. The van der Waals surface area contributed by atoms with Crippen molar-refractivity contribution in [3.63, 3.8) is 0 Å². The van der Waals surface area contributed by atoms with Crippen molar-refractivity contribution >= 4 is 23.1 Å². The van der Waals surface area contributed by atoms with Crippen LogP contribution in [0, 0.1) is 6.92 Å².